The van der Waals surface area contributed by atoms with E-state index in [0.717, 1.165) is 21.2 Å². The Kier molecular flexibility index (Phi) is 6.63. The van der Waals surface area contributed by atoms with E-state index in [1.165, 1.54) is 18.2 Å². The van der Waals surface area contributed by atoms with Crippen LogP contribution in [0.15, 0.2) is 84.6 Å². The van der Waals surface area contributed by atoms with Crippen molar-refractivity contribution in [2.75, 3.05) is 0 Å². The molecule has 1 heterocycles. The molecule has 3 amide bonds. The molecule has 0 saturated carbocycles. The maximum Gasteiger partial charge on any atom is 0.329 e. The number of hydrogen-bond acceptors (Lipinski definition) is 3. The van der Waals surface area contributed by atoms with Gasteiger partial charge in [-0.1, -0.05) is 77.8 Å². The molecule has 1 aliphatic rings. The van der Waals surface area contributed by atoms with Gasteiger partial charge in [-0.05, 0) is 52.2 Å². The minimum atomic E-state index is -0.637. The number of hydrogen-bond donors (Lipinski definition) is 1. The van der Waals surface area contributed by atoms with E-state index in [1.54, 1.807) is 24.3 Å². The van der Waals surface area contributed by atoms with Gasteiger partial charge in [0.1, 0.15) is 18.1 Å². The molecule has 4 aromatic rings. The molecule has 1 aliphatic heterocycles. The van der Waals surface area contributed by atoms with Crippen molar-refractivity contribution in [3.8, 4) is 5.75 Å². The van der Waals surface area contributed by atoms with Gasteiger partial charge < -0.3 is 10.1 Å². The highest BCUT2D eigenvalue weighted by Gasteiger charge is 2.34. The van der Waals surface area contributed by atoms with Gasteiger partial charge >= 0.3 is 6.03 Å². The van der Waals surface area contributed by atoms with E-state index in [2.05, 4.69) is 5.32 Å². The van der Waals surface area contributed by atoms with Crippen molar-refractivity contribution in [2.24, 2.45) is 0 Å². The topological polar surface area (TPSA) is 58.6 Å². The number of imide groups is 1. The van der Waals surface area contributed by atoms with Gasteiger partial charge in [0, 0.05) is 5.56 Å². The zero-order valence-electron chi connectivity index (χ0n) is 18.8. The number of urea groups is 1. The predicted molar refractivity (Wildman–Crippen MR) is 138 cm³/mol. The Morgan fingerprint density at radius 2 is 1.58 bits per heavy atom. The third kappa shape index (κ3) is 4.91. The zero-order chi connectivity index (χ0) is 25.2. The van der Waals surface area contributed by atoms with Crippen molar-refractivity contribution in [3.05, 3.63) is 117 Å². The zero-order valence-corrected chi connectivity index (χ0v) is 20.3. The third-order valence-electron chi connectivity index (χ3n) is 5.78. The highest BCUT2D eigenvalue weighted by Crippen LogP contribution is 2.36. The van der Waals surface area contributed by atoms with Crippen LogP contribution in [0.25, 0.3) is 16.8 Å². The molecule has 5 rings (SSSR count). The van der Waals surface area contributed by atoms with Crippen molar-refractivity contribution in [1.82, 2.24) is 10.2 Å². The maximum absolute atomic E-state index is 14.0. The molecule has 0 unspecified atom stereocenters. The number of nitrogens with one attached hydrogen (secondary N) is 1. The summed E-state index contributed by atoms with van der Waals surface area (Å²) in [5.74, 6) is -0.753. The van der Waals surface area contributed by atoms with Crippen molar-refractivity contribution >= 4 is 52.0 Å². The van der Waals surface area contributed by atoms with E-state index in [9.17, 15) is 14.0 Å². The van der Waals surface area contributed by atoms with Gasteiger partial charge in [-0.3, -0.25) is 9.69 Å². The molecule has 8 heteroatoms. The lowest BCUT2D eigenvalue weighted by Gasteiger charge is -2.12. The van der Waals surface area contributed by atoms with Gasteiger partial charge in [0.15, 0.2) is 5.75 Å². The lowest BCUT2D eigenvalue weighted by atomic mass is 10.1. The maximum atomic E-state index is 14.0. The Hall–Kier alpha value is -3.87. The smallest absolute Gasteiger partial charge is 0.329 e. The first kappa shape index (κ1) is 23.9. The van der Waals surface area contributed by atoms with Crippen LogP contribution in [0.3, 0.4) is 0 Å². The van der Waals surface area contributed by atoms with Crippen molar-refractivity contribution in [3.63, 3.8) is 0 Å². The Balaban J connectivity index is 1.32. The normalized spacial score (nSPS) is 14.5. The fraction of sp³-hybridized carbons (Fsp3) is 0.0714. The Morgan fingerprint density at radius 3 is 2.33 bits per heavy atom. The minimum absolute atomic E-state index is 0.0355. The summed E-state index contributed by atoms with van der Waals surface area (Å²) in [6, 6.07) is 22.6. The molecule has 5 nitrogen and oxygen atoms in total. The molecule has 4 aromatic carbocycles. The van der Waals surface area contributed by atoms with Gasteiger partial charge in [0.2, 0.25) is 0 Å². The number of halogens is 3. The summed E-state index contributed by atoms with van der Waals surface area (Å²) in [4.78, 5) is 26.1. The lowest BCUT2D eigenvalue weighted by Crippen LogP contribution is -2.30. The number of benzene rings is 4. The molecule has 0 radical (unpaired) electrons. The van der Waals surface area contributed by atoms with Gasteiger partial charge in [0.25, 0.3) is 5.91 Å². The number of rotatable bonds is 6. The summed E-state index contributed by atoms with van der Waals surface area (Å²) in [6.07, 6.45) is 1.46. The van der Waals surface area contributed by atoms with Crippen LogP contribution in [0.1, 0.15) is 16.7 Å². The predicted octanol–water partition coefficient (Wildman–Crippen LogP) is 6.96. The molecule has 1 saturated heterocycles. The average Bonchev–Trinajstić information content (AvgIpc) is 3.12. The molecular formula is C28H19Cl2FN2O3. The van der Waals surface area contributed by atoms with Crippen LogP contribution in [0.4, 0.5) is 9.18 Å². The Labute approximate surface area is 216 Å². The second-order valence-corrected chi connectivity index (χ2v) is 9.07. The van der Waals surface area contributed by atoms with Crippen molar-refractivity contribution < 1.29 is 18.7 Å². The van der Waals surface area contributed by atoms with E-state index >= 15 is 0 Å². The number of carbonyl (C=O) groups excluding carboxylic acids is 2. The van der Waals surface area contributed by atoms with E-state index in [4.69, 9.17) is 27.9 Å². The summed E-state index contributed by atoms with van der Waals surface area (Å²) >= 11 is 12.9. The monoisotopic (exact) mass is 520 g/mol. The number of ether oxygens (including phenoxy) is 1. The average molecular weight is 521 g/mol. The molecule has 0 aromatic heterocycles. The van der Waals surface area contributed by atoms with Crippen LogP contribution >= 0.6 is 23.2 Å². The molecule has 1 N–H and O–H groups in total. The number of carbonyl (C=O) groups is 2. The minimum Gasteiger partial charge on any atom is -0.486 e. The van der Waals surface area contributed by atoms with Gasteiger partial charge in [0.05, 0.1) is 16.6 Å². The first-order valence-corrected chi connectivity index (χ1v) is 11.8. The first-order valence-electron chi connectivity index (χ1n) is 11.1. The number of fused-ring (bicyclic) bond motifs is 1. The Bertz CT molecular complexity index is 1510. The van der Waals surface area contributed by atoms with E-state index in [1.807, 2.05) is 42.5 Å². The fourth-order valence-corrected chi connectivity index (χ4v) is 4.58. The molecule has 0 aliphatic carbocycles. The van der Waals surface area contributed by atoms with Crippen LogP contribution in [-0.4, -0.2) is 16.8 Å². The number of amides is 3. The van der Waals surface area contributed by atoms with E-state index < -0.39 is 17.8 Å². The summed E-state index contributed by atoms with van der Waals surface area (Å²) in [6.45, 7) is 0.0853. The molecule has 180 valence electrons. The van der Waals surface area contributed by atoms with Crippen LogP contribution in [0.5, 0.6) is 5.75 Å². The highest BCUT2D eigenvalue weighted by atomic mass is 35.5. The van der Waals surface area contributed by atoms with Crippen LogP contribution in [0.2, 0.25) is 10.0 Å². The summed E-state index contributed by atoms with van der Waals surface area (Å²) in [5, 5.41) is 5.27. The Morgan fingerprint density at radius 1 is 0.889 bits per heavy atom. The summed E-state index contributed by atoms with van der Waals surface area (Å²) in [5.41, 5.74) is 1.73. The third-order valence-corrected chi connectivity index (χ3v) is 6.34. The second-order valence-electron chi connectivity index (χ2n) is 8.25. The molecule has 0 bridgehead atoms. The quantitative estimate of drug-likeness (QED) is 0.221. The van der Waals surface area contributed by atoms with Crippen LogP contribution in [-0.2, 0) is 17.9 Å². The first-order chi connectivity index (χ1) is 17.4. The SMILES string of the molecule is O=C1N/C(=C/c2cc(Cl)c(OCc3ccc4ccccc4c3)c(Cl)c2)C(=O)N1Cc1ccccc1F. The fourth-order valence-electron chi connectivity index (χ4n) is 3.96. The standard InChI is InChI=1S/C28H19Cl2FN2O3/c29-22-12-18(14-25-27(34)33(28(35)32-25)15-21-7-3-4-8-24(21)31)13-23(30)26(22)36-16-17-9-10-19-5-1-2-6-20(19)11-17/h1-14H,15-16H2,(H,32,35)/b25-14+. The van der Waals surface area contributed by atoms with Gasteiger partial charge in [-0.25, -0.2) is 9.18 Å². The largest absolute Gasteiger partial charge is 0.486 e. The highest BCUT2D eigenvalue weighted by molar-refractivity contribution is 6.37. The molecule has 1 fully saturated rings. The molecule has 36 heavy (non-hydrogen) atoms. The summed E-state index contributed by atoms with van der Waals surface area (Å²) in [7, 11) is 0. The molecule has 0 spiro atoms. The second kappa shape index (κ2) is 10.0. The number of nitrogens with zero attached hydrogens (tertiary/aromatic N) is 1. The van der Waals surface area contributed by atoms with Crippen LogP contribution in [0, 0.1) is 5.82 Å². The summed E-state index contributed by atoms with van der Waals surface area (Å²) < 4.78 is 19.9. The van der Waals surface area contributed by atoms with Crippen LogP contribution < -0.4 is 10.1 Å². The van der Waals surface area contributed by atoms with Gasteiger partial charge in [-0.2, -0.15) is 0 Å². The van der Waals surface area contributed by atoms with Gasteiger partial charge in [-0.15, -0.1) is 0 Å². The van der Waals surface area contributed by atoms with Crippen molar-refractivity contribution in [1.29, 1.82) is 0 Å². The molecular weight excluding hydrogens is 502 g/mol. The van der Waals surface area contributed by atoms with E-state index in [-0.39, 0.29) is 34.5 Å². The lowest BCUT2D eigenvalue weighted by molar-refractivity contribution is -0.123. The molecule has 0 atom stereocenters. The van der Waals surface area contributed by atoms with E-state index in [0.29, 0.717) is 11.3 Å². The van der Waals surface area contributed by atoms with Crippen molar-refractivity contribution in [2.45, 2.75) is 13.2 Å².